The highest BCUT2D eigenvalue weighted by molar-refractivity contribution is 5.84. The van der Waals surface area contributed by atoms with E-state index in [1.807, 2.05) is 12.1 Å². The topological polar surface area (TPSA) is 74.6 Å². The summed E-state index contributed by atoms with van der Waals surface area (Å²) >= 11 is 0. The third-order valence-electron chi connectivity index (χ3n) is 5.23. The number of aliphatic hydroxyl groups excluding tert-OH is 1. The molecule has 4 heteroatoms. The van der Waals surface area contributed by atoms with Crippen molar-refractivity contribution in [2.75, 3.05) is 6.61 Å². The fourth-order valence-corrected chi connectivity index (χ4v) is 3.69. The van der Waals surface area contributed by atoms with Crippen LogP contribution in [0.5, 0.6) is 0 Å². The molecular formula is C22H30O4. The molecule has 1 saturated carbocycles. The van der Waals surface area contributed by atoms with Crippen LogP contribution in [-0.2, 0) is 16.0 Å². The van der Waals surface area contributed by atoms with Crippen molar-refractivity contribution >= 4 is 17.8 Å². The minimum atomic E-state index is -0.731. The van der Waals surface area contributed by atoms with Crippen LogP contribution in [0.25, 0.3) is 6.08 Å². The largest absolute Gasteiger partial charge is 0.481 e. The highest BCUT2D eigenvalue weighted by Gasteiger charge is 2.32. The number of allylic oxidation sites excluding steroid dienone is 1. The number of carbonyl (C=O) groups excluding carboxylic acids is 1. The highest BCUT2D eigenvalue weighted by atomic mass is 16.4. The molecule has 4 nitrogen and oxygen atoms in total. The molecule has 2 rings (SSSR count). The second-order valence-corrected chi connectivity index (χ2v) is 7.20. The number of hydrogen-bond acceptors (Lipinski definition) is 3. The first-order chi connectivity index (χ1) is 12.6. The summed E-state index contributed by atoms with van der Waals surface area (Å²) in [4.78, 5) is 22.7. The molecule has 0 amide bonds. The van der Waals surface area contributed by atoms with Gasteiger partial charge in [0.2, 0.25) is 0 Å². The minimum Gasteiger partial charge on any atom is -0.481 e. The number of Topliss-reactive ketones (excluding diaryl/α,β-unsaturated/α-hetero) is 1. The fraction of sp³-hybridized carbons (Fsp3) is 0.545. The van der Waals surface area contributed by atoms with Crippen molar-refractivity contribution < 1.29 is 19.8 Å². The van der Waals surface area contributed by atoms with Crippen LogP contribution < -0.4 is 0 Å². The van der Waals surface area contributed by atoms with E-state index in [1.54, 1.807) is 0 Å². The van der Waals surface area contributed by atoms with E-state index in [0.717, 1.165) is 49.7 Å². The van der Waals surface area contributed by atoms with Gasteiger partial charge in [-0.25, -0.2) is 0 Å². The van der Waals surface area contributed by atoms with Crippen molar-refractivity contribution in [3.63, 3.8) is 0 Å². The van der Waals surface area contributed by atoms with Crippen LogP contribution in [0.2, 0.25) is 0 Å². The van der Waals surface area contributed by atoms with E-state index in [1.165, 1.54) is 0 Å². The smallest absolute Gasteiger partial charge is 0.303 e. The molecule has 1 aliphatic rings. The molecule has 1 aliphatic carbocycles. The first-order valence-corrected chi connectivity index (χ1v) is 9.72. The Labute approximate surface area is 155 Å². The maximum absolute atomic E-state index is 12.2. The Kier molecular flexibility index (Phi) is 8.56. The van der Waals surface area contributed by atoms with Crippen LogP contribution in [0, 0.1) is 11.8 Å². The molecule has 0 heterocycles. The summed E-state index contributed by atoms with van der Waals surface area (Å²) in [6.45, 7) is 0.164. The number of hydrogen-bond donors (Lipinski definition) is 2. The molecule has 0 bridgehead atoms. The Balaban J connectivity index is 1.79. The molecule has 26 heavy (non-hydrogen) atoms. The van der Waals surface area contributed by atoms with Crippen LogP contribution in [0.4, 0.5) is 0 Å². The Morgan fingerprint density at radius 1 is 1.12 bits per heavy atom. The van der Waals surface area contributed by atoms with Crippen molar-refractivity contribution in [1.82, 2.24) is 0 Å². The molecule has 0 aliphatic heterocycles. The fourth-order valence-electron chi connectivity index (χ4n) is 3.69. The summed E-state index contributed by atoms with van der Waals surface area (Å²) in [5, 5.41) is 17.6. The summed E-state index contributed by atoms with van der Waals surface area (Å²) in [6.07, 6.45) is 11.4. The maximum atomic E-state index is 12.2. The zero-order valence-corrected chi connectivity index (χ0v) is 15.4. The minimum absolute atomic E-state index is 0.124. The predicted molar refractivity (Wildman–Crippen MR) is 103 cm³/mol. The van der Waals surface area contributed by atoms with Crippen LogP contribution in [0.15, 0.2) is 30.3 Å². The van der Waals surface area contributed by atoms with Gasteiger partial charge in [0.15, 0.2) is 0 Å². The lowest BCUT2D eigenvalue weighted by atomic mass is 9.89. The zero-order chi connectivity index (χ0) is 18.8. The molecule has 2 N–H and O–H groups in total. The summed E-state index contributed by atoms with van der Waals surface area (Å²) in [5.74, 6) is 0.0899. The van der Waals surface area contributed by atoms with Crippen LogP contribution in [0.1, 0.15) is 62.5 Å². The molecule has 0 saturated heterocycles. The lowest BCUT2D eigenvalue weighted by molar-refractivity contribution is -0.137. The van der Waals surface area contributed by atoms with Gasteiger partial charge in [-0.1, -0.05) is 55.7 Å². The third-order valence-corrected chi connectivity index (χ3v) is 5.23. The molecule has 2 atom stereocenters. The van der Waals surface area contributed by atoms with E-state index in [-0.39, 0.29) is 18.9 Å². The SMILES string of the molecule is O=C(O)CCCCCCC1C(=O)CCC1/C=C/c1ccc(CCO)cc1. The van der Waals surface area contributed by atoms with E-state index in [9.17, 15) is 9.59 Å². The maximum Gasteiger partial charge on any atom is 0.303 e. The number of rotatable bonds is 11. The number of benzene rings is 1. The van der Waals surface area contributed by atoms with E-state index in [2.05, 4.69) is 24.3 Å². The highest BCUT2D eigenvalue weighted by Crippen LogP contribution is 2.34. The Hall–Kier alpha value is -1.94. The Morgan fingerprint density at radius 2 is 1.85 bits per heavy atom. The zero-order valence-electron chi connectivity index (χ0n) is 15.4. The Morgan fingerprint density at radius 3 is 2.54 bits per heavy atom. The van der Waals surface area contributed by atoms with Gasteiger partial charge in [-0.3, -0.25) is 9.59 Å². The molecule has 0 aromatic heterocycles. The second kappa shape index (κ2) is 10.9. The molecule has 2 unspecified atom stereocenters. The van der Waals surface area contributed by atoms with E-state index >= 15 is 0 Å². The molecule has 1 fully saturated rings. The summed E-state index contributed by atoms with van der Waals surface area (Å²) in [7, 11) is 0. The summed E-state index contributed by atoms with van der Waals surface area (Å²) in [6, 6.07) is 8.17. The number of unbranched alkanes of at least 4 members (excludes halogenated alkanes) is 3. The van der Waals surface area contributed by atoms with Crippen LogP contribution >= 0.6 is 0 Å². The van der Waals surface area contributed by atoms with Gasteiger partial charge < -0.3 is 10.2 Å². The van der Waals surface area contributed by atoms with E-state index in [4.69, 9.17) is 10.2 Å². The summed E-state index contributed by atoms with van der Waals surface area (Å²) < 4.78 is 0. The van der Waals surface area contributed by atoms with Gasteiger partial charge in [0, 0.05) is 25.4 Å². The van der Waals surface area contributed by atoms with Crippen molar-refractivity contribution in [1.29, 1.82) is 0 Å². The van der Waals surface area contributed by atoms with Gasteiger partial charge in [-0.15, -0.1) is 0 Å². The molecule has 1 aromatic carbocycles. The van der Waals surface area contributed by atoms with Gasteiger partial charge in [-0.2, -0.15) is 0 Å². The quantitative estimate of drug-likeness (QED) is 0.580. The summed E-state index contributed by atoms with van der Waals surface area (Å²) in [5.41, 5.74) is 2.25. The third kappa shape index (κ3) is 6.75. The van der Waals surface area contributed by atoms with Crippen LogP contribution in [-0.4, -0.2) is 28.6 Å². The van der Waals surface area contributed by atoms with Gasteiger partial charge in [0.05, 0.1) is 0 Å². The lowest BCUT2D eigenvalue weighted by Crippen LogP contribution is -2.13. The van der Waals surface area contributed by atoms with Crippen LogP contribution in [0.3, 0.4) is 0 Å². The van der Waals surface area contributed by atoms with E-state index < -0.39 is 5.97 Å². The average Bonchev–Trinajstić information content (AvgIpc) is 2.97. The van der Waals surface area contributed by atoms with Gasteiger partial charge in [-0.05, 0) is 42.7 Å². The standard InChI is InChI=1S/C22H30O4/c23-16-15-18-9-7-17(8-10-18)11-12-19-13-14-21(24)20(19)5-3-1-2-4-6-22(25)26/h7-12,19-20,23H,1-6,13-16H2,(H,25,26)/b12-11+. The molecule has 0 spiro atoms. The van der Waals surface area contributed by atoms with Gasteiger partial charge in [0.25, 0.3) is 0 Å². The molecule has 0 radical (unpaired) electrons. The lowest BCUT2D eigenvalue weighted by Gasteiger charge is -2.14. The number of aliphatic hydroxyl groups is 1. The number of ketones is 1. The number of carbonyl (C=O) groups is 2. The average molecular weight is 358 g/mol. The van der Waals surface area contributed by atoms with Crippen molar-refractivity contribution in [2.24, 2.45) is 11.8 Å². The number of carboxylic acids is 1. The molecule has 1 aromatic rings. The second-order valence-electron chi connectivity index (χ2n) is 7.20. The van der Waals surface area contributed by atoms with Gasteiger partial charge in [0.1, 0.15) is 5.78 Å². The first kappa shape index (κ1) is 20.4. The van der Waals surface area contributed by atoms with Crippen molar-refractivity contribution in [3.05, 3.63) is 41.5 Å². The van der Waals surface area contributed by atoms with Crippen molar-refractivity contribution in [3.8, 4) is 0 Å². The van der Waals surface area contributed by atoms with Crippen molar-refractivity contribution in [2.45, 2.75) is 57.8 Å². The first-order valence-electron chi connectivity index (χ1n) is 9.72. The monoisotopic (exact) mass is 358 g/mol. The predicted octanol–water partition coefficient (Wildman–Crippen LogP) is 4.26. The van der Waals surface area contributed by atoms with E-state index in [0.29, 0.717) is 24.5 Å². The number of aliphatic carboxylic acids is 1. The number of carboxylic acid groups (broad SMARTS) is 1. The molecular weight excluding hydrogens is 328 g/mol. The molecule has 142 valence electrons. The van der Waals surface area contributed by atoms with Gasteiger partial charge >= 0.3 is 5.97 Å². The Bertz CT molecular complexity index is 603. The normalized spacial score (nSPS) is 20.1.